The van der Waals surface area contributed by atoms with Gasteiger partial charge < -0.3 is 10.2 Å². The minimum Gasteiger partial charge on any atom is -0.357 e. The number of benzene rings is 2. The molecule has 6 heteroatoms. The number of hydroxylamine groups is 2. The average Bonchev–Trinajstić information content (AvgIpc) is 2.94. The summed E-state index contributed by atoms with van der Waals surface area (Å²) in [4.78, 5) is 3.17. The van der Waals surface area contributed by atoms with Gasteiger partial charge in [0, 0.05) is 33.2 Å². The van der Waals surface area contributed by atoms with Crippen LogP contribution in [0.3, 0.4) is 0 Å². The third kappa shape index (κ3) is 3.02. The van der Waals surface area contributed by atoms with Crippen molar-refractivity contribution in [3.8, 4) is 0 Å². The van der Waals surface area contributed by atoms with Gasteiger partial charge in [0.2, 0.25) is 0 Å². The highest BCUT2D eigenvalue weighted by Gasteiger charge is 2.26. The third-order valence-electron chi connectivity index (χ3n) is 3.80. The van der Waals surface area contributed by atoms with E-state index in [0.29, 0.717) is 5.69 Å². The van der Waals surface area contributed by atoms with Gasteiger partial charge in [-0.3, -0.25) is 0 Å². The predicted molar refractivity (Wildman–Crippen MR) is 88.4 cm³/mol. The minimum absolute atomic E-state index is 0.0833. The second kappa shape index (κ2) is 6.39. The molecule has 0 radical (unpaired) electrons. The van der Waals surface area contributed by atoms with Gasteiger partial charge in [-0.25, -0.2) is 8.78 Å². The van der Waals surface area contributed by atoms with E-state index in [1.54, 1.807) is 6.92 Å². The molecule has 0 aliphatic rings. The Balaban J connectivity index is 2.16. The number of nitrogens with zero attached hydrogens (tertiary/aromatic N) is 1. The van der Waals surface area contributed by atoms with E-state index in [4.69, 9.17) is 0 Å². The van der Waals surface area contributed by atoms with Gasteiger partial charge in [-0.05, 0) is 30.3 Å². The zero-order chi connectivity index (χ0) is 16.6. The van der Waals surface area contributed by atoms with Crippen molar-refractivity contribution in [1.29, 1.82) is 0 Å². The molecule has 1 unspecified atom stereocenters. The van der Waals surface area contributed by atoms with Crippen molar-refractivity contribution < 1.29 is 14.0 Å². The smallest absolute Gasteiger partial charge is 0.164 e. The van der Waals surface area contributed by atoms with Crippen molar-refractivity contribution in [3.63, 3.8) is 0 Å². The summed E-state index contributed by atoms with van der Waals surface area (Å²) in [6.07, 6.45) is 0. The molecular weight excluding hydrogens is 366 g/mol. The van der Waals surface area contributed by atoms with Crippen LogP contribution in [0.1, 0.15) is 24.2 Å². The largest absolute Gasteiger partial charge is 0.357 e. The Kier molecular flexibility index (Phi) is 4.48. The van der Waals surface area contributed by atoms with Gasteiger partial charge in [0.15, 0.2) is 11.6 Å². The quantitative estimate of drug-likeness (QED) is 0.624. The molecule has 1 heterocycles. The molecule has 3 nitrogen and oxygen atoms in total. The molecule has 1 atom stereocenters. The zero-order valence-electron chi connectivity index (χ0n) is 12.4. The molecule has 0 saturated carbocycles. The van der Waals surface area contributed by atoms with Crippen LogP contribution in [-0.4, -0.2) is 21.8 Å². The van der Waals surface area contributed by atoms with Crippen molar-refractivity contribution in [2.24, 2.45) is 0 Å². The number of halogens is 3. The fourth-order valence-corrected chi connectivity index (χ4v) is 3.05. The van der Waals surface area contributed by atoms with Crippen molar-refractivity contribution in [1.82, 2.24) is 10.0 Å². The van der Waals surface area contributed by atoms with Crippen LogP contribution in [0.2, 0.25) is 0 Å². The van der Waals surface area contributed by atoms with Crippen LogP contribution in [0, 0.1) is 11.6 Å². The summed E-state index contributed by atoms with van der Waals surface area (Å²) in [5, 5.41) is 12.1. The lowest BCUT2D eigenvalue weighted by molar-refractivity contribution is -0.114. The van der Waals surface area contributed by atoms with Crippen LogP contribution in [0.4, 0.5) is 8.78 Å². The molecule has 0 aliphatic heterocycles. The number of rotatable bonds is 4. The minimum atomic E-state index is -0.954. The Bertz CT molecular complexity index is 850. The first kappa shape index (κ1) is 16.1. The van der Waals surface area contributed by atoms with E-state index in [-0.39, 0.29) is 12.1 Å². The standard InChI is InChI=1S/C17H15BrF2N2O/c1-2-22(23)17(12-4-3-5-13(19)16(12)20)15-9-10-8-11(18)6-7-14(10)21-15/h3-9,17,21,23H,2H2,1H3. The predicted octanol–water partition coefficient (Wildman–Crippen LogP) is 5.01. The van der Waals surface area contributed by atoms with Crippen molar-refractivity contribution in [2.45, 2.75) is 13.0 Å². The lowest BCUT2D eigenvalue weighted by Crippen LogP contribution is -2.27. The summed E-state index contributed by atoms with van der Waals surface area (Å²) < 4.78 is 28.7. The number of hydrogen-bond acceptors (Lipinski definition) is 2. The first-order valence-corrected chi connectivity index (χ1v) is 7.98. The fourth-order valence-electron chi connectivity index (χ4n) is 2.68. The van der Waals surface area contributed by atoms with Crippen LogP contribution in [0.25, 0.3) is 10.9 Å². The van der Waals surface area contributed by atoms with E-state index in [1.807, 2.05) is 24.3 Å². The van der Waals surface area contributed by atoms with Crippen LogP contribution >= 0.6 is 15.9 Å². The van der Waals surface area contributed by atoms with Gasteiger partial charge >= 0.3 is 0 Å². The lowest BCUT2D eigenvalue weighted by atomic mass is 10.0. The molecule has 0 bridgehead atoms. The van der Waals surface area contributed by atoms with Crippen LogP contribution in [0.15, 0.2) is 46.9 Å². The monoisotopic (exact) mass is 380 g/mol. The van der Waals surface area contributed by atoms with Gasteiger partial charge in [-0.2, -0.15) is 5.06 Å². The van der Waals surface area contributed by atoms with E-state index >= 15 is 0 Å². The normalized spacial score (nSPS) is 13.0. The topological polar surface area (TPSA) is 39.3 Å². The van der Waals surface area contributed by atoms with E-state index in [9.17, 15) is 14.0 Å². The van der Waals surface area contributed by atoms with Gasteiger partial charge in [0.05, 0.1) is 0 Å². The Labute approximate surface area is 140 Å². The molecule has 0 fully saturated rings. The summed E-state index contributed by atoms with van der Waals surface area (Å²) in [7, 11) is 0. The summed E-state index contributed by atoms with van der Waals surface area (Å²) in [6.45, 7) is 2.00. The molecule has 2 aromatic carbocycles. The first-order valence-electron chi connectivity index (χ1n) is 7.19. The summed E-state index contributed by atoms with van der Waals surface area (Å²) in [5.74, 6) is -1.89. The third-order valence-corrected chi connectivity index (χ3v) is 4.29. The van der Waals surface area contributed by atoms with Crippen LogP contribution < -0.4 is 0 Å². The van der Waals surface area contributed by atoms with Crippen molar-refractivity contribution in [2.75, 3.05) is 6.54 Å². The lowest BCUT2D eigenvalue weighted by Gasteiger charge is -2.25. The molecule has 0 spiro atoms. The number of nitrogens with one attached hydrogen (secondary N) is 1. The maximum Gasteiger partial charge on any atom is 0.164 e. The molecule has 0 aliphatic carbocycles. The maximum absolute atomic E-state index is 14.2. The van der Waals surface area contributed by atoms with Crippen molar-refractivity contribution >= 4 is 26.8 Å². The number of aromatic amines is 1. The average molecular weight is 381 g/mol. The number of H-pyrrole nitrogens is 1. The second-order valence-electron chi connectivity index (χ2n) is 5.26. The zero-order valence-corrected chi connectivity index (χ0v) is 13.9. The molecule has 1 aromatic heterocycles. The molecule has 3 rings (SSSR count). The molecule has 0 saturated heterocycles. The van der Waals surface area contributed by atoms with E-state index in [2.05, 4.69) is 20.9 Å². The molecule has 0 amide bonds. The maximum atomic E-state index is 14.2. The van der Waals surface area contributed by atoms with Crippen LogP contribution in [0.5, 0.6) is 0 Å². The first-order chi connectivity index (χ1) is 11.0. The molecule has 3 aromatic rings. The van der Waals surface area contributed by atoms with Crippen LogP contribution in [-0.2, 0) is 0 Å². The van der Waals surface area contributed by atoms with Gasteiger partial charge in [0.25, 0.3) is 0 Å². The molecule has 23 heavy (non-hydrogen) atoms. The number of fused-ring (bicyclic) bond motifs is 1. The van der Waals surface area contributed by atoms with E-state index < -0.39 is 17.7 Å². The molecule has 2 N–H and O–H groups in total. The Hall–Kier alpha value is -1.76. The summed E-state index contributed by atoms with van der Waals surface area (Å²) in [6, 6.07) is 10.7. The highest BCUT2D eigenvalue weighted by molar-refractivity contribution is 9.10. The summed E-state index contributed by atoms with van der Waals surface area (Å²) >= 11 is 3.40. The second-order valence-corrected chi connectivity index (χ2v) is 6.17. The number of aromatic nitrogens is 1. The Morgan fingerprint density at radius 1 is 1.22 bits per heavy atom. The van der Waals surface area contributed by atoms with Gasteiger partial charge in [-0.15, -0.1) is 0 Å². The number of hydrogen-bond donors (Lipinski definition) is 2. The van der Waals surface area contributed by atoms with Gasteiger partial charge in [0.1, 0.15) is 6.04 Å². The van der Waals surface area contributed by atoms with Crippen molar-refractivity contribution in [3.05, 3.63) is 69.8 Å². The highest BCUT2D eigenvalue weighted by atomic mass is 79.9. The summed E-state index contributed by atoms with van der Waals surface area (Å²) in [5.41, 5.74) is 1.53. The van der Waals surface area contributed by atoms with Gasteiger partial charge in [-0.1, -0.05) is 35.0 Å². The SMILES string of the molecule is CCN(O)C(c1cc2cc(Br)ccc2[nH]1)c1cccc(F)c1F. The Morgan fingerprint density at radius 2 is 2.00 bits per heavy atom. The fraction of sp³-hybridized carbons (Fsp3) is 0.176. The Morgan fingerprint density at radius 3 is 2.74 bits per heavy atom. The molecular formula is C17H15BrF2N2O. The molecule has 120 valence electrons. The highest BCUT2D eigenvalue weighted by Crippen LogP contribution is 2.32. The van der Waals surface area contributed by atoms with E-state index in [1.165, 1.54) is 12.1 Å². The van der Waals surface area contributed by atoms with E-state index in [0.717, 1.165) is 26.5 Å².